The first-order chi connectivity index (χ1) is 10.6. The highest BCUT2D eigenvalue weighted by atomic mass is 16.1. The van der Waals surface area contributed by atoms with Gasteiger partial charge in [0, 0.05) is 30.9 Å². The Morgan fingerprint density at radius 2 is 1.50 bits per heavy atom. The second kappa shape index (κ2) is 7.55. The molecule has 0 radical (unpaired) electrons. The fourth-order valence-electron chi connectivity index (χ4n) is 2.65. The van der Waals surface area contributed by atoms with E-state index in [4.69, 9.17) is 0 Å². The zero-order chi connectivity index (χ0) is 15.9. The Labute approximate surface area is 131 Å². The van der Waals surface area contributed by atoms with Gasteiger partial charge in [0.15, 0.2) is 5.78 Å². The summed E-state index contributed by atoms with van der Waals surface area (Å²) in [6.45, 7) is 3.44. The Hall–Kier alpha value is -2.42. The van der Waals surface area contributed by atoms with E-state index in [1.54, 1.807) is 0 Å². The molecule has 0 bridgehead atoms. The molecule has 0 heterocycles. The van der Waals surface area contributed by atoms with Crippen molar-refractivity contribution in [1.82, 2.24) is 5.32 Å². The SMILES string of the molecule is CC(=O)NC(C)C(CC(=O)c1ccccc1)c1ccccc1. The molecule has 2 unspecified atom stereocenters. The van der Waals surface area contributed by atoms with E-state index in [-0.39, 0.29) is 23.7 Å². The molecular weight excluding hydrogens is 274 g/mol. The number of hydrogen-bond donors (Lipinski definition) is 1. The number of amides is 1. The minimum absolute atomic E-state index is 0.0437. The van der Waals surface area contributed by atoms with Gasteiger partial charge in [-0.3, -0.25) is 9.59 Å². The summed E-state index contributed by atoms with van der Waals surface area (Å²) in [6.07, 6.45) is 0.371. The Kier molecular flexibility index (Phi) is 5.48. The lowest BCUT2D eigenvalue weighted by molar-refractivity contribution is -0.119. The molecule has 0 aliphatic rings. The van der Waals surface area contributed by atoms with Crippen molar-refractivity contribution < 1.29 is 9.59 Å². The number of nitrogens with one attached hydrogen (secondary N) is 1. The van der Waals surface area contributed by atoms with Gasteiger partial charge in [-0.05, 0) is 12.5 Å². The summed E-state index contributed by atoms with van der Waals surface area (Å²) in [6, 6.07) is 19.0. The first kappa shape index (κ1) is 16.0. The summed E-state index contributed by atoms with van der Waals surface area (Å²) in [7, 11) is 0. The van der Waals surface area contributed by atoms with Crippen LogP contribution in [0.5, 0.6) is 0 Å². The van der Waals surface area contributed by atoms with Crippen LogP contribution in [0.25, 0.3) is 0 Å². The van der Waals surface area contributed by atoms with Gasteiger partial charge in [0.2, 0.25) is 5.91 Å². The molecule has 0 aliphatic heterocycles. The average Bonchev–Trinajstić information content (AvgIpc) is 2.53. The van der Waals surface area contributed by atoms with Crippen LogP contribution in [-0.2, 0) is 4.79 Å². The van der Waals surface area contributed by atoms with Crippen LogP contribution in [0.15, 0.2) is 60.7 Å². The number of benzene rings is 2. The molecular formula is C19H21NO2. The van der Waals surface area contributed by atoms with Crippen molar-refractivity contribution in [3.05, 3.63) is 71.8 Å². The summed E-state index contributed by atoms with van der Waals surface area (Å²) in [4.78, 5) is 23.9. The van der Waals surface area contributed by atoms with Crippen LogP contribution in [-0.4, -0.2) is 17.7 Å². The van der Waals surface area contributed by atoms with Crippen molar-refractivity contribution in [2.24, 2.45) is 0 Å². The van der Waals surface area contributed by atoms with Crippen LogP contribution in [0.4, 0.5) is 0 Å². The van der Waals surface area contributed by atoms with Crippen LogP contribution in [0.2, 0.25) is 0 Å². The molecule has 1 N–H and O–H groups in total. The first-order valence-electron chi connectivity index (χ1n) is 7.48. The normalized spacial score (nSPS) is 13.2. The fraction of sp³-hybridized carbons (Fsp3) is 0.263. The van der Waals surface area contributed by atoms with Crippen LogP contribution < -0.4 is 5.32 Å². The third-order valence-corrected chi connectivity index (χ3v) is 3.76. The molecule has 1 amide bonds. The van der Waals surface area contributed by atoms with Crippen LogP contribution in [0.3, 0.4) is 0 Å². The van der Waals surface area contributed by atoms with E-state index >= 15 is 0 Å². The Bertz CT molecular complexity index is 622. The predicted octanol–water partition coefficient (Wildman–Crippen LogP) is 3.57. The van der Waals surface area contributed by atoms with Crippen molar-refractivity contribution in [2.45, 2.75) is 32.2 Å². The first-order valence-corrected chi connectivity index (χ1v) is 7.48. The molecule has 0 saturated carbocycles. The van der Waals surface area contributed by atoms with Gasteiger partial charge in [-0.1, -0.05) is 60.7 Å². The number of Topliss-reactive ketones (excluding diaryl/α,β-unsaturated/α-hetero) is 1. The van der Waals surface area contributed by atoms with Crippen molar-refractivity contribution in [3.8, 4) is 0 Å². The van der Waals surface area contributed by atoms with Crippen molar-refractivity contribution in [2.75, 3.05) is 0 Å². The van der Waals surface area contributed by atoms with Gasteiger partial charge in [0.1, 0.15) is 0 Å². The molecule has 3 heteroatoms. The molecule has 0 aromatic heterocycles. The van der Waals surface area contributed by atoms with Crippen LogP contribution >= 0.6 is 0 Å². The smallest absolute Gasteiger partial charge is 0.217 e. The maximum atomic E-state index is 12.5. The van der Waals surface area contributed by atoms with E-state index in [0.29, 0.717) is 12.0 Å². The van der Waals surface area contributed by atoms with Crippen LogP contribution in [0.1, 0.15) is 42.1 Å². The second-order valence-electron chi connectivity index (χ2n) is 5.50. The van der Waals surface area contributed by atoms with E-state index < -0.39 is 0 Å². The third-order valence-electron chi connectivity index (χ3n) is 3.76. The summed E-state index contributed by atoms with van der Waals surface area (Å²) in [5.41, 5.74) is 1.77. The monoisotopic (exact) mass is 295 g/mol. The Morgan fingerprint density at radius 1 is 0.955 bits per heavy atom. The number of ketones is 1. The van der Waals surface area contributed by atoms with Gasteiger partial charge in [0.05, 0.1) is 0 Å². The maximum Gasteiger partial charge on any atom is 0.217 e. The molecule has 2 atom stereocenters. The lowest BCUT2D eigenvalue weighted by Gasteiger charge is -2.24. The highest BCUT2D eigenvalue weighted by Gasteiger charge is 2.23. The number of carbonyl (C=O) groups is 2. The van der Waals surface area contributed by atoms with E-state index in [2.05, 4.69) is 5.32 Å². The largest absolute Gasteiger partial charge is 0.353 e. The summed E-state index contributed by atoms with van der Waals surface area (Å²) < 4.78 is 0. The molecule has 22 heavy (non-hydrogen) atoms. The topological polar surface area (TPSA) is 46.2 Å². The lowest BCUT2D eigenvalue weighted by atomic mass is 9.86. The predicted molar refractivity (Wildman–Crippen MR) is 87.9 cm³/mol. The average molecular weight is 295 g/mol. The quantitative estimate of drug-likeness (QED) is 0.828. The third kappa shape index (κ3) is 4.29. The molecule has 3 nitrogen and oxygen atoms in total. The summed E-state index contributed by atoms with van der Waals surface area (Å²) >= 11 is 0. The van der Waals surface area contributed by atoms with Gasteiger partial charge >= 0.3 is 0 Å². The summed E-state index contributed by atoms with van der Waals surface area (Å²) in [5, 5.41) is 2.91. The van der Waals surface area contributed by atoms with Gasteiger partial charge in [-0.2, -0.15) is 0 Å². The number of carbonyl (C=O) groups excluding carboxylic acids is 2. The van der Waals surface area contributed by atoms with Gasteiger partial charge in [-0.25, -0.2) is 0 Å². The highest BCUT2D eigenvalue weighted by Crippen LogP contribution is 2.25. The van der Waals surface area contributed by atoms with E-state index in [0.717, 1.165) is 5.56 Å². The second-order valence-corrected chi connectivity index (χ2v) is 5.50. The van der Waals surface area contributed by atoms with Gasteiger partial charge in [0.25, 0.3) is 0 Å². The zero-order valence-corrected chi connectivity index (χ0v) is 13.0. The highest BCUT2D eigenvalue weighted by molar-refractivity contribution is 5.96. The van der Waals surface area contributed by atoms with Crippen molar-refractivity contribution in [1.29, 1.82) is 0 Å². The summed E-state index contributed by atoms with van der Waals surface area (Å²) in [5.74, 6) is -0.0370. The molecule has 2 rings (SSSR count). The van der Waals surface area contributed by atoms with Gasteiger partial charge < -0.3 is 5.32 Å². The molecule has 2 aromatic carbocycles. The zero-order valence-electron chi connectivity index (χ0n) is 13.0. The minimum Gasteiger partial charge on any atom is -0.353 e. The number of hydrogen-bond acceptors (Lipinski definition) is 2. The van der Waals surface area contributed by atoms with E-state index in [9.17, 15) is 9.59 Å². The Balaban J connectivity index is 2.21. The lowest BCUT2D eigenvalue weighted by Crippen LogP contribution is -2.36. The molecule has 0 saturated heterocycles. The van der Waals surface area contributed by atoms with Crippen molar-refractivity contribution >= 4 is 11.7 Å². The molecule has 0 fully saturated rings. The Morgan fingerprint density at radius 3 is 2.05 bits per heavy atom. The molecule has 0 aliphatic carbocycles. The van der Waals surface area contributed by atoms with E-state index in [1.165, 1.54) is 6.92 Å². The van der Waals surface area contributed by atoms with Crippen LogP contribution in [0, 0.1) is 0 Å². The maximum absolute atomic E-state index is 12.5. The molecule has 2 aromatic rings. The molecule has 0 spiro atoms. The standard InChI is InChI=1S/C19H21NO2/c1-14(20-15(2)21)18(16-9-5-3-6-10-16)13-19(22)17-11-7-4-8-12-17/h3-12,14,18H,13H2,1-2H3,(H,20,21). The van der Waals surface area contributed by atoms with Crippen molar-refractivity contribution in [3.63, 3.8) is 0 Å². The van der Waals surface area contributed by atoms with Gasteiger partial charge in [-0.15, -0.1) is 0 Å². The number of rotatable bonds is 6. The van der Waals surface area contributed by atoms with E-state index in [1.807, 2.05) is 67.6 Å². The minimum atomic E-state index is -0.104. The molecule has 114 valence electrons. The fourth-order valence-corrected chi connectivity index (χ4v) is 2.65.